The quantitative estimate of drug-likeness (QED) is 0.429. The minimum absolute atomic E-state index is 0.190. The maximum atomic E-state index is 12.7. The maximum Gasteiger partial charge on any atom is 0.236 e. The predicted octanol–water partition coefficient (Wildman–Crippen LogP) is 4.00. The van der Waals surface area contributed by atoms with Crippen molar-refractivity contribution in [3.63, 3.8) is 0 Å². The highest BCUT2D eigenvalue weighted by molar-refractivity contribution is 5.90. The van der Waals surface area contributed by atoms with E-state index in [1.165, 1.54) is 11.1 Å². The van der Waals surface area contributed by atoms with Gasteiger partial charge in [-0.15, -0.1) is 0 Å². The van der Waals surface area contributed by atoms with E-state index in [1.807, 2.05) is 16.5 Å². The summed E-state index contributed by atoms with van der Waals surface area (Å²) in [7, 11) is 1.99. The summed E-state index contributed by atoms with van der Waals surface area (Å²) < 4.78 is 1.85. The van der Waals surface area contributed by atoms with Crippen molar-refractivity contribution in [1.82, 2.24) is 34.4 Å². The van der Waals surface area contributed by atoms with Crippen molar-refractivity contribution < 1.29 is 4.79 Å². The highest BCUT2D eigenvalue weighted by Gasteiger charge is 2.29. The molecule has 4 aromatic heterocycles. The number of anilines is 1. The minimum atomic E-state index is 0.190. The Balaban J connectivity index is 1.49. The second kappa shape index (κ2) is 9.78. The van der Waals surface area contributed by atoms with Crippen LogP contribution in [0.2, 0.25) is 0 Å². The van der Waals surface area contributed by atoms with Gasteiger partial charge in [0, 0.05) is 43.0 Å². The average Bonchev–Trinajstić information content (AvgIpc) is 3.50. The van der Waals surface area contributed by atoms with Gasteiger partial charge >= 0.3 is 0 Å². The van der Waals surface area contributed by atoms with Gasteiger partial charge in [0.25, 0.3) is 0 Å². The van der Waals surface area contributed by atoms with Gasteiger partial charge in [-0.25, -0.2) is 14.5 Å². The van der Waals surface area contributed by atoms with Crippen molar-refractivity contribution >= 4 is 28.4 Å². The zero-order valence-electron chi connectivity index (χ0n) is 23.0. The maximum absolute atomic E-state index is 12.7. The summed E-state index contributed by atoms with van der Waals surface area (Å²) >= 11 is 0. The van der Waals surface area contributed by atoms with Crippen molar-refractivity contribution in [2.24, 2.45) is 0 Å². The Bertz CT molecular complexity index is 1450. The molecule has 1 saturated heterocycles. The number of hydrogen-bond donors (Lipinski definition) is 1. The van der Waals surface area contributed by atoms with Crippen LogP contribution in [0, 0.1) is 13.8 Å². The van der Waals surface area contributed by atoms with Crippen molar-refractivity contribution in [3.05, 3.63) is 41.3 Å². The van der Waals surface area contributed by atoms with Crippen LogP contribution in [0.4, 0.5) is 5.82 Å². The Morgan fingerprint density at radius 2 is 2.00 bits per heavy atom. The van der Waals surface area contributed by atoms with Gasteiger partial charge in [0.15, 0.2) is 5.65 Å². The largest absolute Gasteiger partial charge is 0.353 e. The van der Waals surface area contributed by atoms with Crippen molar-refractivity contribution in [2.75, 3.05) is 44.7 Å². The van der Waals surface area contributed by atoms with Crippen LogP contribution in [0.25, 0.3) is 27.9 Å². The molecule has 4 aromatic rings. The summed E-state index contributed by atoms with van der Waals surface area (Å²) in [6, 6.07) is 4.43. The highest BCUT2D eigenvalue weighted by Crippen LogP contribution is 2.38. The van der Waals surface area contributed by atoms with Gasteiger partial charge in [-0.05, 0) is 63.5 Å². The molecule has 1 N–H and O–H groups in total. The molecule has 1 amide bonds. The number of pyridine rings is 2. The first-order valence-corrected chi connectivity index (χ1v) is 13.2. The molecule has 0 aliphatic carbocycles. The van der Waals surface area contributed by atoms with E-state index < -0.39 is 0 Å². The highest BCUT2D eigenvalue weighted by atomic mass is 16.2. The van der Waals surface area contributed by atoms with Crippen molar-refractivity contribution in [1.29, 1.82) is 0 Å². The third-order valence-electron chi connectivity index (χ3n) is 7.86. The Hall–Kier alpha value is -3.46. The number of aryl methyl sites for hydroxylation is 1. The van der Waals surface area contributed by atoms with E-state index in [1.54, 1.807) is 6.33 Å². The van der Waals surface area contributed by atoms with E-state index in [4.69, 9.17) is 4.98 Å². The summed E-state index contributed by atoms with van der Waals surface area (Å²) in [6.45, 7) is 16.5. The van der Waals surface area contributed by atoms with Crippen LogP contribution in [0.15, 0.2) is 24.7 Å². The molecule has 37 heavy (non-hydrogen) atoms. The van der Waals surface area contributed by atoms with E-state index in [0.717, 1.165) is 52.4 Å². The fraction of sp³-hybridized carbons (Fsp3) is 0.500. The van der Waals surface area contributed by atoms with Gasteiger partial charge in [0.2, 0.25) is 5.91 Å². The molecular weight excluding hydrogens is 464 g/mol. The number of amides is 1. The second-order valence-electron chi connectivity index (χ2n) is 10.7. The number of aromatic nitrogens is 5. The molecule has 0 spiro atoms. The fourth-order valence-corrected chi connectivity index (χ4v) is 5.43. The number of rotatable bonds is 6. The lowest BCUT2D eigenvalue weighted by Crippen LogP contribution is -2.55. The first kappa shape index (κ1) is 25.2. The number of hydrogen-bond acceptors (Lipinski definition) is 6. The summed E-state index contributed by atoms with van der Waals surface area (Å²) in [6.07, 6.45) is 3.67. The lowest BCUT2D eigenvalue weighted by Gasteiger charge is -2.41. The van der Waals surface area contributed by atoms with E-state index in [-0.39, 0.29) is 17.9 Å². The minimum Gasteiger partial charge on any atom is -0.353 e. The molecule has 196 valence electrons. The van der Waals surface area contributed by atoms with Crippen molar-refractivity contribution in [3.8, 4) is 11.3 Å². The molecule has 1 fully saturated rings. The number of H-pyrrole nitrogens is 1. The number of likely N-dealkylation sites (N-methyl/N-ethyl adjacent to an activating group) is 1. The molecule has 0 aromatic carbocycles. The van der Waals surface area contributed by atoms with Gasteiger partial charge < -0.3 is 14.8 Å². The van der Waals surface area contributed by atoms with E-state index in [9.17, 15) is 4.79 Å². The predicted molar refractivity (Wildman–Crippen MR) is 148 cm³/mol. The monoisotopic (exact) mass is 502 g/mol. The average molecular weight is 503 g/mol. The van der Waals surface area contributed by atoms with Crippen LogP contribution in [0.5, 0.6) is 0 Å². The molecule has 9 heteroatoms. The smallest absolute Gasteiger partial charge is 0.236 e. The number of carbonyl (C=O) groups excluding carboxylic acids is 1. The Morgan fingerprint density at radius 3 is 2.70 bits per heavy atom. The summed E-state index contributed by atoms with van der Waals surface area (Å²) in [5.41, 5.74) is 8.67. The van der Waals surface area contributed by atoms with Gasteiger partial charge in [-0.3, -0.25) is 9.69 Å². The van der Waals surface area contributed by atoms with Crippen LogP contribution >= 0.6 is 0 Å². The summed E-state index contributed by atoms with van der Waals surface area (Å²) in [5.74, 6) is 1.44. The van der Waals surface area contributed by atoms with E-state index >= 15 is 0 Å². The SMILES string of the molecule is CCN(C)CC(=O)N1CCN(c2ccc3[nH]c(-c4cn5ncnc5c(C)c4C)c(C(C)C)c3n2)[C@@H](C)C1. The standard InChI is InChI=1S/C28H38N8O/c1-8-33(7)15-24(37)34-11-12-35(18(4)13-34)23-10-9-22-27(32-23)25(17(2)3)26(31-22)21-14-36-28(29-16-30-36)20(6)19(21)5/h9-10,14,16-18,31H,8,11-13,15H2,1-7H3/t18-/m0/s1. The summed E-state index contributed by atoms with van der Waals surface area (Å²) in [4.78, 5) is 32.4. The molecule has 9 nitrogen and oxygen atoms in total. The molecule has 0 bridgehead atoms. The number of aromatic amines is 1. The van der Waals surface area contributed by atoms with E-state index in [2.05, 4.69) is 84.7 Å². The molecule has 1 aliphatic heterocycles. The first-order chi connectivity index (χ1) is 17.7. The summed E-state index contributed by atoms with van der Waals surface area (Å²) in [5, 5.41) is 4.40. The molecule has 0 saturated carbocycles. The third kappa shape index (κ3) is 4.45. The van der Waals surface area contributed by atoms with Crippen molar-refractivity contribution in [2.45, 2.75) is 53.5 Å². The van der Waals surface area contributed by atoms with Gasteiger partial charge in [-0.1, -0.05) is 20.8 Å². The fourth-order valence-electron chi connectivity index (χ4n) is 5.43. The molecule has 1 atom stereocenters. The van der Waals surface area contributed by atoms with Gasteiger partial charge in [-0.2, -0.15) is 5.10 Å². The van der Waals surface area contributed by atoms with Crippen LogP contribution in [-0.2, 0) is 4.79 Å². The zero-order valence-corrected chi connectivity index (χ0v) is 23.0. The lowest BCUT2D eigenvalue weighted by molar-refractivity contribution is -0.132. The van der Waals surface area contributed by atoms with Gasteiger partial charge in [0.1, 0.15) is 12.1 Å². The van der Waals surface area contributed by atoms with E-state index in [0.29, 0.717) is 19.6 Å². The molecule has 5 heterocycles. The molecular formula is C28H38N8O. The van der Waals surface area contributed by atoms with Crippen LogP contribution in [-0.4, -0.2) is 86.1 Å². The molecule has 0 unspecified atom stereocenters. The van der Waals surface area contributed by atoms with Crippen LogP contribution < -0.4 is 4.90 Å². The number of carbonyl (C=O) groups is 1. The number of nitrogens with zero attached hydrogens (tertiary/aromatic N) is 7. The molecule has 0 radical (unpaired) electrons. The van der Waals surface area contributed by atoms with Crippen LogP contribution in [0.3, 0.4) is 0 Å². The molecule has 5 rings (SSSR count). The lowest BCUT2D eigenvalue weighted by atomic mass is 9.95. The number of nitrogens with one attached hydrogen (secondary N) is 1. The van der Waals surface area contributed by atoms with Gasteiger partial charge in [0.05, 0.1) is 23.3 Å². The van der Waals surface area contributed by atoms with Crippen LogP contribution in [0.1, 0.15) is 50.3 Å². The third-order valence-corrected chi connectivity index (χ3v) is 7.86. The number of fused-ring (bicyclic) bond motifs is 2. The Kier molecular flexibility index (Phi) is 6.66. The second-order valence-corrected chi connectivity index (χ2v) is 10.7. The first-order valence-electron chi connectivity index (χ1n) is 13.2. The zero-order chi connectivity index (χ0) is 26.4. The number of piperazine rings is 1. The molecule has 1 aliphatic rings. The Morgan fingerprint density at radius 1 is 1.22 bits per heavy atom. The Labute approximate surface area is 218 Å². The normalized spacial score (nSPS) is 16.6. The topological polar surface area (TPSA) is 85.7 Å².